The number of amides is 2. The van der Waals surface area contributed by atoms with Gasteiger partial charge in [-0.2, -0.15) is 0 Å². The maximum Gasteiger partial charge on any atom is 0.347 e. The van der Waals surface area contributed by atoms with Crippen molar-refractivity contribution in [2.24, 2.45) is 17.3 Å². The van der Waals surface area contributed by atoms with Gasteiger partial charge in [-0.25, -0.2) is 9.78 Å². The van der Waals surface area contributed by atoms with Crippen molar-refractivity contribution < 1.29 is 38.1 Å². The minimum atomic E-state index is -1.20. The van der Waals surface area contributed by atoms with Crippen molar-refractivity contribution in [3.63, 3.8) is 0 Å². The lowest BCUT2D eigenvalue weighted by molar-refractivity contribution is -0.179. The zero-order chi connectivity index (χ0) is 34.5. The summed E-state index contributed by atoms with van der Waals surface area (Å²) in [7, 11) is 1.50. The number of hydrogen-bond donors (Lipinski definition) is 2. The van der Waals surface area contributed by atoms with Crippen LogP contribution in [0.5, 0.6) is 5.75 Å². The first-order valence-electron chi connectivity index (χ1n) is 15.7. The highest BCUT2D eigenvalue weighted by molar-refractivity contribution is 7.09. The summed E-state index contributed by atoms with van der Waals surface area (Å²) < 4.78 is 23.0. The molecule has 1 aromatic heterocycles. The molecule has 0 aliphatic carbocycles. The van der Waals surface area contributed by atoms with Crippen LogP contribution in [-0.2, 0) is 39.8 Å². The Morgan fingerprint density at radius 1 is 1.15 bits per heavy atom. The average molecular weight is 690 g/mol. The average Bonchev–Trinajstić information content (AvgIpc) is 3.69. The molecule has 2 amide bonds. The number of nitrogens with zero attached hydrogens (tertiary/aromatic N) is 1. The van der Waals surface area contributed by atoms with Gasteiger partial charge in [0, 0.05) is 30.7 Å². The van der Waals surface area contributed by atoms with Crippen LogP contribution < -0.4 is 15.4 Å². The Morgan fingerprint density at radius 3 is 2.53 bits per heavy atom. The number of hydrogen-bond acceptors (Lipinski definition) is 10. The number of thiazole rings is 1. The van der Waals surface area contributed by atoms with E-state index in [0.717, 1.165) is 10.7 Å². The monoisotopic (exact) mass is 689 g/mol. The first-order valence-corrected chi connectivity index (χ1v) is 17.0. The summed E-state index contributed by atoms with van der Waals surface area (Å²) in [6.07, 6.45) is 1.16. The van der Waals surface area contributed by atoms with Gasteiger partial charge in [0.05, 0.1) is 34.4 Å². The molecule has 2 aromatic rings. The molecule has 2 aliphatic heterocycles. The van der Waals surface area contributed by atoms with E-state index >= 15 is 0 Å². The Morgan fingerprint density at radius 2 is 1.89 bits per heavy atom. The molecule has 0 saturated carbocycles. The third kappa shape index (κ3) is 9.77. The largest absolute Gasteiger partial charge is 0.495 e. The second kappa shape index (κ2) is 15.6. The number of esters is 2. The van der Waals surface area contributed by atoms with E-state index < -0.39 is 47.4 Å². The van der Waals surface area contributed by atoms with Crippen LogP contribution in [-0.4, -0.2) is 66.7 Å². The fourth-order valence-corrected chi connectivity index (χ4v) is 6.22. The number of benzene rings is 1. The Kier molecular flexibility index (Phi) is 12.1. The van der Waals surface area contributed by atoms with Crippen LogP contribution in [0.3, 0.4) is 0 Å². The maximum absolute atomic E-state index is 13.6. The van der Waals surface area contributed by atoms with Crippen LogP contribution in [0.25, 0.3) is 0 Å². The van der Waals surface area contributed by atoms with E-state index in [1.807, 2.05) is 33.1 Å². The molecule has 0 unspecified atom stereocenters. The molecule has 0 radical (unpaired) electrons. The normalized spacial score (nSPS) is 26.9. The summed E-state index contributed by atoms with van der Waals surface area (Å²) in [5.41, 5.74) is 0.322. The number of cyclic esters (lactones) is 2. The number of ether oxygens (including phenoxy) is 4. The van der Waals surface area contributed by atoms with Crippen molar-refractivity contribution in [2.45, 2.75) is 91.3 Å². The fraction of sp³-hybridized carbons (Fsp3) is 0.559. The van der Waals surface area contributed by atoms with Crippen molar-refractivity contribution in [1.82, 2.24) is 15.6 Å². The molecule has 11 nitrogen and oxygen atoms in total. The van der Waals surface area contributed by atoms with Gasteiger partial charge in [-0.15, -0.1) is 11.3 Å². The molecule has 3 heterocycles. The van der Waals surface area contributed by atoms with Crippen molar-refractivity contribution in [3.8, 4) is 5.75 Å². The van der Waals surface area contributed by atoms with Crippen LogP contribution in [0.1, 0.15) is 69.8 Å². The van der Waals surface area contributed by atoms with Gasteiger partial charge in [0.2, 0.25) is 11.8 Å². The van der Waals surface area contributed by atoms with Crippen molar-refractivity contribution in [3.05, 3.63) is 57.0 Å². The number of carbonyl (C=O) groups is 4. The van der Waals surface area contributed by atoms with E-state index in [-0.39, 0.29) is 49.9 Å². The zero-order valence-corrected chi connectivity index (χ0v) is 29.4. The van der Waals surface area contributed by atoms with Crippen molar-refractivity contribution >= 4 is 46.7 Å². The van der Waals surface area contributed by atoms with Crippen molar-refractivity contribution in [1.29, 1.82) is 0 Å². The lowest BCUT2D eigenvalue weighted by Gasteiger charge is -2.29. The van der Waals surface area contributed by atoms with Gasteiger partial charge in [-0.1, -0.05) is 44.5 Å². The van der Waals surface area contributed by atoms with Crippen LogP contribution >= 0.6 is 22.9 Å². The second-order valence-electron chi connectivity index (χ2n) is 13.1. The Hall–Kier alpha value is -3.48. The Bertz CT molecular complexity index is 1490. The minimum absolute atomic E-state index is 0.0180. The number of rotatable bonds is 8. The van der Waals surface area contributed by atoms with Gasteiger partial charge in [0.1, 0.15) is 24.0 Å². The fourth-order valence-electron chi connectivity index (χ4n) is 5.30. The van der Waals surface area contributed by atoms with Gasteiger partial charge in [-0.05, 0) is 56.9 Å². The number of halogens is 1. The van der Waals surface area contributed by atoms with Gasteiger partial charge in [0.25, 0.3) is 0 Å². The summed E-state index contributed by atoms with van der Waals surface area (Å²) in [5, 5.41) is 8.78. The Balaban J connectivity index is 1.61. The van der Waals surface area contributed by atoms with Crippen LogP contribution in [0.15, 0.2) is 35.7 Å². The molecule has 256 valence electrons. The number of aryl methyl sites for hydroxylation is 1. The van der Waals surface area contributed by atoms with E-state index in [1.54, 1.807) is 38.1 Å². The highest BCUT2D eigenvalue weighted by Gasteiger charge is 2.49. The molecule has 13 heteroatoms. The number of carbonyl (C=O) groups excluding carboxylic acids is 4. The van der Waals surface area contributed by atoms with Gasteiger partial charge in [-0.3, -0.25) is 14.4 Å². The molecule has 1 saturated heterocycles. The summed E-state index contributed by atoms with van der Waals surface area (Å²) in [5.74, 6) is -2.12. The third-order valence-corrected chi connectivity index (χ3v) is 9.29. The van der Waals surface area contributed by atoms with Crippen LogP contribution in [0.2, 0.25) is 5.02 Å². The standard InChI is InChI=1S/C34H44ClN3O8S/c1-18(2)13-27-32(41)44-25(19(3)29-30(46-29)24-16-47-20(4)37-24)9-8-10-28(39)38-23(15-21-11-12-26(43-7)22(35)14-21)31(40)36-17-34(5,6)33(42)45-27/h8,10-12,14,16,18-19,23,25,27,29-30H,9,13,15,17H2,1-7H3,(H,36,40)(H,38,39)/b10-8+/t19-,23+,25-,27-,29+,30+/m0/s1. The van der Waals surface area contributed by atoms with Crippen molar-refractivity contribution in [2.75, 3.05) is 13.7 Å². The molecular weight excluding hydrogens is 646 g/mol. The smallest absolute Gasteiger partial charge is 0.347 e. The number of nitrogens with one attached hydrogen (secondary N) is 2. The summed E-state index contributed by atoms with van der Waals surface area (Å²) in [6, 6.07) is 4.13. The van der Waals surface area contributed by atoms with Crippen LogP contribution in [0, 0.1) is 24.2 Å². The minimum Gasteiger partial charge on any atom is -0.495 e. The first kappa shape index (κ1) is 36.4. The number of methoxy groups -OCH3 is 1. The van der Waals surface area contributed by atoms with E-state index in [4.69, 9.17) is 30.5 Å². The molecular formula is C34H44ClN3O8S. The number of aromatic nitrogens is 1. The quantitative estimate of drug-likeness (QED) is 0.292. The predicted molar refractivity (Wildman–Crippen MR) is 177 cm³/mol. The van der Waals surface area contributed by atoms with E-state index in [0.29, 0.717) is 16.3 Å². The molecule has 4 rings (SSSR count). The SMILES string of the molecule is COc1ccc(C[C@H]2NC(=O)/C=C/C[C@@H]([C@H](C)[C@H]3O[C@@H]3c3csc(C)n3)OC(=O)[C@H](CC(C)C)OC(=O)C(C)(C)CNC2=O)cc1Cl. The highest BCUT2D eigenvalue weighted by Crippen LogP contribution is 2.45. The highest BCUT2D eigenvalue weighted by atomic mass is 35.5. The molecule has 2 N–H and O–H groups in total. The topological polar surface area (TPSA) is 145 Å². The lowest BCUT2D eigenvalue weighted by atomic mass is 9.93. The first-order chi connectivity index (χ1) is 22.2. The molecule has 0 bridgehead atoms. The summed E-state index contributed by atoms with van der Waals surface area (Å²) in [6.45, 7) is 10.8. The molecule has 6 atom stereocenters. The molecule has 2 aliphatic rings. The van der Waals surface area contributed by atoms with Gasteiger partial charge in [0.15, 0.2) is 6.10 Å². The second-order valence-corrected chi connectivity index (χ2v) is 14.6. The predicted octanol–water partition coefficient (Wildman–Crippen LogP) is 4.89. The maximum atomic E-state index is 13.6. The van der Waals surface area contributed by atoms with E-state index in [2.05, 4.69) is 15.6 Å². The summed E-state index contributed by atoms with van der Waals surface area (Å²) >= 11 is 7.85. The Labute approximate surface area is 284 Å². The zero-order valence-electron chi connectivity index (χ0n) is 27.8. The number of epoxide rings is 1. The molecule has 47 heavy (non-hydrogen) atoms. The third-order valence-electron chi connectivity index (χ3n) is 8.21. The van der Waals surface area contributed by atoms with E-state index in [1.165, 1.54) is 24.5 Å². The van der Waals surface area contributed by atoms with Gasteiger partial charge < -0.3 is 29.6 Å². The molecule has 1 aromatic carbocycles. The molecule has 1 fully saturated rings. The molecule has 0 spiro atoms. The van der Waals surface area contributed by atoms with Crippen LogP contribution in [0.4, 0.5) is 0 Å². The van der Waals surface area contributed by atoms with E-state index in [9.17, 15) is 19.2 Å². The lowest BCUT2D eigenvalue weighted by Crippen LogP contribution is -2.51. The van der Waals surface area contributed by atoms with Gasteiger partial charge >= 0.3 is 11.9 Å². The summed E-state index contributed by atoms with van der Waals surface area (Å²) in [4.78, 5) is 58.1.